The van der Waals surface area contributed by atoms with E-state index < -0.39 is 22.0 Å². The Labute approximate surface area is 126 Å². The molecule has 1 aliphatic heterocycles. The Hall–Kier alpha value is -1.40. The molecule has 5 nitrogen and oxygen atoms in total. The molecule has 1 fully saturated rings. The molecule has 1 aromatic rings. The van der Waals surface area contributed by atoms with E-state index in [2.05, 4.69) is 0 Å². The number of nitrogens with zero attached hydrogens (tertiary/aromatic N) is 1. The molecule has 0 aromatic heterocycles. The van der Waals surface area contributed by atoms with E-state index in [0.717, 1.165) is 24.0 Å². The maximum Gasteiger partial charge on any atom is 0.324 e. The topological polar surface area (TPSA) is 63.7 Å². The van der Waals surface area contributed by atoms with Crippen molar-refractivity contribution in [3.63, 3.8) is 0 Å². The molecule has 1 aromatic carbocycles. The van der Waals surface area contributed by atoms with Gasteiger partial charge in [-0.05, 0) is 56.4 Å². The average Bonchev–Trinajstić information content (AvgIpc) is 2.49. The highest BCUT2D eigenvalue weighted by atomic mass is 32.2. The number of rotatable bonds is 3. The number of piperidine rings is 1. The molecule has 1 atom stereocenters. The molecule has 21 heavy (non-hydrogen) atoms. The van der Waals surface area contributed by atoms with Gasteiger partial charge in [0.15, 0.2) is 0 Å². The zero-order chi connectivity index (χ0) is 15.6. The number of sulfonamides is 1. The fraction of sp³-hybridized carbons (Fsp3) is 0.533. The summed E-state index contributed by atoms with van der Waals surface area (Å²) in [6.07, 6.45) is 2.10. The van der Waals surface area contributed by atoms with Gasteiger partial charge in [-0.25, -0.2) is 8.42 Å². The standard InChI is InChI=1S/C15H21NO4S/c1-11-7-8-13(10-12(11)2)21(18,19)16-9-5-4-6-14(16)15(17)20-3/h7-8,10,14H,4-6,9H2,1-3H3. The van der Waals surface area contributed by atoms with Gasteiger partial charge in [0.2, 0.25) is 10.0 Å². The van der Waals surface area contributed by atoms with Crippen LogP contribution in [0, 0.1) is 13.8 Å². The largest absolute Gasteiger partial charge is 0.468 e. The van der Waals surface area contributed by atoms with Gasteiger partial charge in [-0.15, -0.1) is 0 Å². The third kappa shape index (κ3) is 3.11. The Bertz CT molecular complexity index is 639. The number of hydrogen-bond acceptors (Lipinski definition) is 4. The quantitative estimate of drug-likeness (QED) is 0.801. The van der Waals surface area contributed by atoms with E-state index in [-0.39, 0.29) is 4.90 Å². The lowest BCUT2D eigenvalue weighted by Gasteiger charge is -2.32. The first kappa shape index (κ1) is 16.0. The van der Waals surface area contributed by atoms with Crippen molar-refractivity contribution in [1.82, 2.24) is 4.31 Å². The summed E-state index contributed by atoms with van der Waals surface area (Å²) in [5.74, 6) is -0.484. The molecule has 0 radical (unpaired) electrons. The second kappa shape index (κ2) is 6.15. The number of benzene rings is 1. The van der Waals surface area contributed by atoms with Gasteiger partial charge >= 0.3 is 5.97 Å². The monoisotopic (exact) mass is 311 g/mol. The van der Waals surface area contributed by atoms with E-state index in [0.29, 0.717) is 13.0 Å². The van der Waals surface area contributed by atoms with Gasteiger partial charge in [-0.2, -0.15) is 4.31 Å². The number of esters is 1. The summed E-state index contributed by atoms with van der Waals surface area (Å²) >= 11 is 0. The van der Waals surface area contributed by atoms with Crippen LogP contribution >= 0.6 is 0 Å². The molecule has 6 heteroatoms. The van der Waals surface area contributed by atoms with Crippen molar-refractivity contribution in [2.24, 2.45) is 0 Å². The SMILES string of the molecule is COC(=O)C1CCCCN1S(=O)(=O)c1ccc(C)c(C)c1. The number of carbonyl (C=O) groups is 1. The minimum atomic E-state index is -3.67. The molecule has 0 bridgehead atoms. The Morgan fingerprint density at radius 1 is 1.24 bits per heavy atom. The molecule has 0 N–H and O–H groups in total. The molecule has 0 amide bonds. The Morgan fingerprint density at radius 3 is 2.57 bits per heavy atom. The summed E-state index contributed by atoms with van der Waals surface area (Å²) in [5, 5.41) is 0. The van der Waals surface area contributed by atoms with Crippen molar-refractivity contribution in [2.45, 2.75) is 44.0 Å². The summed E-state index contributed by atoms with van der Waals surface area (Å²) in [7, 11) is -2.38. The smallest absolute Gasteiger partial charge is 0.324 e. The van der Waals surface area contributed by atoms with E-state index >= 15 is 0 Å². The maximum absolute atomic E-state index is 12.8. The summed E-state index contributed by atoms with van der Waals surface area (Å²) in [6.45, 7) is 4.17. The predicted molar refractivity (Wildman–Crippen MR) is 79.5 cm³/mol. The molecule has 116 valence electrons. The fourth-order valence-corrected chi connectivity index (χ4v) is 4.31. The van der Waals surface area contributed by atoms with E-state index in [9.17, 15) is 13.2 Å². The molecule has 0 spiro atoms. The van der Waals surface area contributed by atoms with Gasteiger partial charge in [-0.3, -0.25) is 4.79 Å². The Morgan fingerprint density at radius 2 is 1.95 bits per heavy atom. The highest BCUT2D eigenvalue weighted by Crippen LogP contribution is 2.27. The first-order valence-electron chi connectivity index (χ1n) is 7.05. The second-order valence-corrected chi connectivity index (χ2v) is 7.29. The normalized spacial score (nSPS) is 20.2. The number of carbonyl (C=O) groups excluding carboxylic acids is 1. The number of methoxy groups -OCH3 is 1. The van der Waals surface area contributed by atoms with Gasteiger partial charge in [0.1, 0.15) is 6.04 Å². The molecular formula is C15H21NO4S. The van der Waals surface area contributed by atoms with Gasteiger partial charge in [0.25, 0.3) is 0 Å². The lowest BCUT2D eigenvalue weighted by Crippen LogP contribution is -2.48. The minimum Gasteiger partial charge on any atom is -0.468 e. The van der Waals surface area contributed by atoms with Crippen LogP contribution in [0.5, 0.6) is 0 Å². The van der Waals surface area contributed by atoms with Crippen LogP contribution in [0.1, 0.15) is 30.4 Å². The van der Waals surface area contributed by atoms with Crippen LogP contribution in [-0.2, 0) is 19.6 Å². The maximum atomic E-state index is 12.8. The lowest BCUT2D eigenvalue weighted by atomic mass is 10.1. The molecular weight excluding hydrogens is 290 g/mol. The summed E-state index contributed by atoms with van der Waals surface area (Å²) in [6, 6.07) is 4.34. The van der Waals surface area contributed by atoms with Crippen molar-refractivity contribution in [3.05, 3.63) is 29.3 Å². The third-order valence-corrected chi connectivity index (χ3v) is 5.92. The molecule has 2 rings (SSSR count). The van der Waals surface area contributed by atoms with Crippen LogP contribution in [0.3, 0.4) is 0 Å². The Kier molecular flexibility index (Phi) is 4.68. The first-order valence-corrected chi connectivity index (χ1v) is 8.49. The minimum absolute atomic E-state index is 0.237. The zero-order valence-electron chi connectivity index (χ0n) is 12.6. The van der Waals surface area contributed by atoms with Gasteiger partial charge < -0.3 is 4.74 Å². The highest BCUT2D eigenvalue weighted by molar-refractivity contribution is 7.89. The van der Waals surface area contributed by atoms with E-state index in [4.69, 9.17) is 4.74 Å². The molecule has 0 aliphatic carbocycles. The third-order valence-electron chi connectivity index (χ3n) is 4.01. The van der Waals surface area contributed by atoms with Crippen LogP contribution in [0.2, 0.25) is 0 Å². The van der Waals surface area contributed by atoms with Crippen molar-refractivity contribution in [1.29, 1.82) is 0 Å². The summed E-state index contributed by atoms with van der Waals surface area (Å²) in [5.41, 5.74) is 1.96. The van der Waals surface area contributed by atoms with Crippen LogP contribution < -0.4 is 0 Å². The van der Waals surface area contributed by atoms with Crippen LogP contribution in [0.25, 0.3) is 0 Å². The van der Waals surface area contributed by atoms with Crippen molar-refractivity contribution in [2.75, 3.05) is 13.7 Å². The molecule has 0 saturated carbocycles. The second-order valence-electron chi connectivity index (χ2n) is 5.40. The fourth-order valence-electron chi connectivity index (χ4n) is 2.57. The van der Waals surface area contributed by atoms with E-state index in [1.807, 2.05) is 13.8 Å². The number of aryl methyl sites for hydroxylation is 2. The van der Waals surface area contributed by atoms with E-state index in [1.54, 1.807) is 18.2 Å². The molecule has 1 aliphatic rings. The Balaban J connectivity index is 2.40. The van der Waals surface area contributed by atoms with E-state index in [1.165, 1.54) is 11.4 Å². The van der Waals surface area contributed by atoms with Crippen molar-refractivity contribution >= 4 is 16.0 Å². The lowest BCUT2D eigenvalue weighted by molar-refractivity contribution is -0.146. The average molecular weight is 311 g/mol. The van der Waals surface area contributed by atoms with Gasteiger partial charge in [0, 0.05) is 6.54 Å². The van der Waals surface area contributed by atoms with Crippen molar-refractivity contribution < 1.29 is 17.9 Å². The number of ether oxygens (including phenoxy) is 1. The zero-order valence-corrected chi connectivity index (χ0v) is 13.4. The van der Waals surface area contributed by atoms with Gasteiger partial charge in [0.05, 0.1) is 12.0 Å². The molecule has 1 heterocycles. The first-order chi connectivity index (χ1) is 9.87. The van der Waals surface area contributed by atoms with Crippen LogP contribution in [-0.4, -0.2) is 38.4 Å². The molecule has 1 saturated heterocycles. The summed E-state index contributed by atoms with van der Waals surface area (Å²) in [4.78, 5) is 12.1. The molecule has 1 unspecified atom stereocenters. The van der Waals surface area contributed by atoms with Gasteiger partial charge in [-0.1, -0.05) is 6.07 Å². The highest BCUT2D eigenvalue weighted by Gasteiger charge is 2.38. The van der Waals surface area contributed by atoms with Crippen molar-refractivity contribution in [3.8, 4) is 0 Å². The predicted octanol–water partition coefficient (Wildman–Crippen LogP) is 2.02. The van der Waals surface area contributed by atoms with Crippen LogP contribution in [0.4, 0.5) is 0 Å². The summed E-state index contributed by atoms with van der Waals surface area (Å²) < 4.78 is 31.6. The van der Waals surface area contributed by atoms with Crippen LogP contribution in [0.15, 0.2) is 23.1 Å². The number of hydrogen-bond donors (Lipinski definition) is 0.